The lowest BCUT2D eigenvalue weighted by Gasteiger charge is -2.34. The smallest absolute Gasteiger partial charge is 0.222 e. The third-order valence-corrected chi connectivity index (χ3v) is 4.68. The molecule has 0 bridgehead atoms. The van der Waals surface area contributed by atoms with Crippen molar-refractivity contribution in [2.24, 2.45) is 5.92 Å². The minimum Gasteiger partial charge on any atom is -0.387 e. The van der Waals surface area contributed by atoms with E-state index in [4.69, 9.17) is 0 Å². The van der Waals surface area contributed by atoms with Crippen LogP contribution in [-0.2, 0) is 11.2 Å². The summed E-state index contributed by atoms with van der Waals surface area (Å²) in [7, 11) is 0. The molecule has 1 aliphatic rings. The number of piperidine rings is 1. The van der Waals surface area contributed by atoms with Gasteiger partial charge in [-0.15, -0.1) is 0 Å². The van der Waals surface area contributed by atoms with Crippen LogP contribution >= 0.6 is 0 Å². The Hall–Kier alpha value is -2.27. The summed E-state index contributed by atoms with van der Waals surface area (Å²) >= 11 is 0. The fourth-order valence-electron chi connectivity index (χ4n) is 3.21. The lowest BCUT2D eigenvalue weighted by atomic mass is 9.89. The van der Waals surface area contributed by atoms with Gasteiger partial charge in [0.1, 0.15) is 0 Å². The Bertz CT molecular complexity index is 640. The molecule has 5 nitrogen and oxygen atoms in total. The Morgan fingerprint density at radius 1 is 1.21 bits per heavy atom. The molecule has 0 saturated carbocycles. The lowest BCUT2D eigenvalue weighted by molar-refractivity contribution is -0.133. The molecule has 1 N–H and O–H groups in total. The first-order valence-electron chi connectivity index (χ1n) is 8.49. The SMILES string of the molecule is O=C(CCc1cccnc1)N1CCC([C@@H](O)c2ccccn2)CC1. The van der Waals surface area contributed by atoms with E-state index in [9.17, 15) is 9.90 Å². The first-order valence-corrected chi connectivity index (χ1v) is 8.49. The van der Waals surface area contributed by atoms with Crippen LogP contribution in [0, 0.1) is 5.92 Å². The molecule has 3 heterocycles. The fourth-order valence-corrected chi connectivity index (χ4v) is 3.21. The molecule has 5 heteroatoms. The van der Waals surface area contributed by atoms with Gasteiger partial charge in [-0.2, -0.15) is 0 Å². The van der Waals surface area contributed by atoms with Gasteiger partial charge in [0.2, 0.25) is 5.91 Å². The number of aliphatic hydroxyl groups excluding tert-OH is 1. The van der Waals surface area contributed by atoms with Crippen molar-refractivity contribution < 1.29 is 9.90 Å². The number of hydrogen-bond acceptors (Lipinski definition) is 4. The highest BCUT2D eigenvalue weighted by atomic mass is 16.3. The van der Waals surface area contributed by atoms with Crippen molar-refractivity contribution in [3.05, 3.63) is 60.2 Å². The van der Waals surface area contributed by atoms with Crippen LogP contribution in [-0.4, -0.2) is 39.0 Å². The first-order chi connectivity index (χ1) is 11.7. The Morgan fingerprint density at radius 3 is 2.71 bits per heavy atom. The predicted molar refractivity (Wildman–Crippen MR) is 91.1 cm³/mol. The standard InChI is InChI=1S/C19H23N3O2/c23-18(7-6-15-4-3-10-20-14-15)22-12-8-16(9-13-22)19(24)17-5-1-2-11-21-17/h1-5,10-11,14,16,19,24H,6-9,12-13H2/t19-/m1/s1. The average Bonchev–Trinajstić information content (AvgIpc) is 2.67. The number of aliphatic hydroxyl groups is 1. The molecule has 126 valence electrons. The third kappa shape index (κ3) is 4.17. The van der Waals surface area contributed by atoms with E-state index in [0.717, 1.165) is 30.5 Å². The molecular formula is C19H23N3O2. The van der Waals surface area contributed by atoms with Crippen LogP contribution in [0.4, 0.5) is 0 Å². The number of likely N-dealkylation sites (tertiary alicyclic amines) is 1. The van der Waals surface area contributed by atoms with Crippen LogP contribution < -0.4 is 0 Å². The van der Waals surface area contributed by atoms with Crippen molar-refractivity contribution in [1.82, 2.24) is 14.9 Å². The van der Waals surface area contributed by atoms with Crippen LogP contribution in [0.1, 0.15) is 36.6 Å². The number of carbonyl (C=O) groups excluding carboxylic acids is 1. The van der Waals surface area contributed by atoms with E-state index >= 15 is 0 Å². The molecule has 0 radical (unpaired) electrons. The number of hydrogen-bond donors (Lipinski definition) is 1. The number of rotatable bonds is 5. The molecule has 1 atom stereocenters. The van der Waals surface area contributed by atoms with E-state index in [1.165, 1.54) is 0 Å². The zero-order chi connectivity index (χ0) is 16.8. The van der Waals surface area contributed by atoms with Gasteiger partial charge in [0, 0.05) is 38.1 Å². The maximum Gasteiger partial charge on any atom is 0.222 e. The summed E-state index contributed by atoms with van der Waals surface area (Å²) in [6.45, 7) is 1.42. The Labute approximate surface area is 142 Å². The lowest BCUT2D eigenvalue weighted by Crippen LogP contribution is -2.40. The largest absolute Gasteiger partial charge is 0.387 e. The number of carbonyl (C=O) groups is 1. The van der Waals surface area contributed by atoms with Gasteiger partial charge in [0.25, 0.3) is 0 Å². The first kappa shape index (κ1) is 16.6. The highest BCUT2D eigenvalue weighted by Crippen LogP contribution is 2.29. The number of aryl methyl sites for hydroxylation is 1. The van der Waals surface area contributed by atoms with Gasteiger partial charge in [0.05, 0.1) is 11.8 Å². The van der Waals surface area contributed by atoms with Gasteiger partial charge < -0.3 is 10.0 Å². The molecule has 2 aromatic heterocycles. The number of nitrogens with zero attached hydrogens (tertiary/aromatic N) is 3. The number of amides is 1. The summed E-state index contributed by atoms with van der Waals surface area (Å²) in [5, 5.41) is 10.4. The van der Waals surface area contributed by atoms with Crippen LogP contribution in [0.5, 0.6) is 0 Å². The second-order valence-electron chi connectivity index (χ2n) is 6.28. The van der Waals surface area contributed by atoms with Crippen molar-refractivity contribution in [2.75, 3.05) is 13.1 Å². The maximum absolute atomic E-state index is 12.3. The highest BCUT2D eigenvalue weighted by molar-refractivity contribution is 5.76. The van der Waals surface area contributed by atoms with Crippen LogP contribution in [0.3, 0.4) is 0 Å². The average molecular weight is 325 g/mol. The van der Waals surface area contributed by atoms with Gasteiger partial charge >= 0.3 is 0 Å². The van der Waals surface area contributed by atoms with Gasteiger partial charge in [-0.25, -0.2) is 0 Å². The van der Waals surface area contributed by atoms with Gasteiger partial charge in [-0.05, 0) is 48.9 Å². The molecule has 1 fully saturated rings. The normalized spacial score (nSPS) is 16.8. The molecule has 0 unspecified atom stereocenters. The summed E-state index contributed by atoms with van der Waals surface area (Å²) in [6, 6.07) is 9.48. The molecule has 1 amide bonds. The van der Waals surface area contributed by atoms with Gasteiger partial charge in [-0.1, -0.05) is 12.1 Å². The minimum absolute atomic E-state index is 0.169. The number of pyridine rings is 2. The van der Waals surface area contributed by atoms with E-state index < -0.39 is 6.10 Å². The minimum atomic E-state index is -0.543. The molecule has 0 spiro atoms. The zero-order valence-electron chi connectivity index (χ0n) is 13.7. The van der Waals surface area contributed by atoms with Crippen molar-refractivity contribution in [3.8, 4) is 0 Å². The van der Waals surface area contributed by atoms with Gasteiger partial charge in [0.15, 0.2) is 0 Å². The molecule has 24 heavy (non-hydrogen) atoms. The topological polar surface area (TPSA) is 66.3 Å². The number of aromatic nitrogens is 2. The van der Waals surface area contributed by atoms with Crippen molar-refractivity contribution >= 4 is 5.91 Å². The van der Waals surface area contributed by atoms with E-state index in [0.29, 0.717) is 19.5 Å². The highest BCUT2D eigenvalue weighted by Gasteiger charge is 2.28. The molecule has 1 saturated heterocycles. The predicted octanol–water partition coefficient (Wildman–Crippen LogP) is 2.38. The molecule has 2 aromatic rings. The molecule has 0 aliphatic carbocycles. The van der Waals surface area contributed by atoms with Crippen LogP contribution in [0.2, 0.25) is 0 Å². The van der Waals surface area contributed by atoms with Crippen LogP contribution in [0.15, 0.2) is 48.9 Å². The summed E-state index contributed by atoms with van der Waals surface area (Å²) in [5.41, 5.74) is 1.81. The van der Waals surface area contributed by atoms with Crippen molar-refractivity contribution in [3.63, 3.8) is 0 Å². The van der Waals surface area contributed by atoms with E-state index in [1.54, 1.807) is 12.4 Å². The summed E-state index contributed by atoms with van der Waals surface area (Å²) in [6.07, 6.45) is 7.58. The Kier molecular flexibility index (Phi) is 5.54. The van der Waals surface area contributed by atoms with Crippen molar-refractivity contribution in [2.45, 2.75) is 31.8 Å². The monoisotopic (exact) mass is 325 g/mol. The second-order valence-corrected chi connectivity index (χ2v) is 6.28. The second kappa shape index (κ2) is 8.02. The summed E-state index contributed by atoms with van der Waals surface area (Å²) in [4.78, 5) is 22.6. The van der Waals surface area contributed by atoms with E-state index in [1.807, 2.05) is 41.4 Å². The Morgan fingerprint density at radius 2 is 2.04 bits per heavy atom. The fraction of sp³-hybridized carbons (Fsp3) is 0.421. The maximum atomic E-state index is 12.3. The zero-order valence-corrected chi connectivity index (χ0v) is 13.7. The van der Waals surface area contributed by atoms with Crippen molar-refractivity contribution in [1.29, 1.82) is 0 Å². The summed E-state index contributed by atoms with van der Waals surface area (Å²) in [5.74, 6) is 0.354. The summed E-state index contributed by atoms with van der Waals surface area (Å²) < 4.78 is 0. The van der Waals surface area contributed by atoms with Crippen LogP contribution in [0.25, 0.3) is 0 Å². The third-order valence-electron chi connectivity index (χ3n) is 4.68. The van der Waals surface area contributed by atoms with E-state index in [2.05, 4.69) is 9.97 Å². The molecule has 3 rings (SSSR count). The van der Waals surface area contributed by atoms with Gasteiger partial charge in [-0.3, -0.25) is 14.8 Å². The van der Waals surface area contributed by atoms with E-state index in [-0.39, 0.29) is 11.8 Å². The molecule has 1 aliphatic heterocycles. The molecular weight excluding hydrogens is 302 g/mol. The molecule has 0 aromatic carbocycles. The quantitative estimate of drug-likeness (QED) is 0.916. The Balaban J connectivity index is 1.47.